The lowest BCUT2D eigenvalue weighted by Gasteiger charge is -2.25. The van der Waals surface area contributed by atoms with Gasteiger partial charge in [0.25, 0.3) is 11.4 Å². The SMILES string of the molecule is C=C(C)CN(CC)c1c([N+](=O)[O-])cc(C(F)(F)F)cc1[N+](=O)[O-].CCOC1Oc2ccc(OS(C)(=O)=O)cc2C1(C)C. The van der Waals surface area contributed by atoms with Crippen molar-refractivity contribution in [3.8, 4) is 11.5 Å². The highest BCUT2D eigenvalue weighted by Gasteiger charge is 2.43. The van der Waals surface area contributed by atoms with Crippen molar-refractivity contribution in [1.82, 2.24) is 0 Å². The Balaban J connectivity index is 0.000000298. The normalized spacial score (nSPS) is 15.5. The van der Waals surface area contributed by atoms with Crippen molar-refractivity contribution in [2.45, 2.75) is 52.5 Å². The molecule has 0 radical (unpaired) electrons. The lowest BCUT2D eigenvalue weighted by Crippen LogP contribution is -2.34. The first-order chi connectivity index (χ1) is 19.2. The molecule has 0 aromatic heterocycles. The maximum absolute atomic E-state index is 12.8. The molecule has 232 valence electrons. The van der Waals surface area contributed by atoms with Crippen molar-refractivity contribution < 1.29 is 45.1 Å². The molecule has 16 heteroatoms. The van der Waals surface area contributed by atoms with Crippen molar-refractivity contribution in [1.29, 1.82) is 0 Å². The van der Waals surface area contributed by atoms with Crippen molar-refractivity contribution in [3.05, 3.63) is 73.8 Å². The van der Waals surface area contributed by atoms with Gasteiger partial charge in [0.15, 0.2) is 5.69 Å². The van der Waals surface area contributed by atoms with Crippen LogP contribution in [0.4, 0.5) is 30.2 Å². The molecular weight excluding hydrogens is 587 g/mol. The van der Waals surface area contributed by atoms with E-state index in [1.165, 1.54) is 4.90 Å². The van der Waals surface area contributed by atoms with E-state index in [1.54, 1.807) is 32.0 Å². The predicted molar refractivity (Wildman–Crippen MR) is 148 cm³/mol. The van der Waals surface area contributed by atoms with Crippen LogP contribution in [0.25, 0.3) is 0 Å². The van der Waals surface area contributed by atoms with Crippen LogP contribution >= 0.6 is 0 Å². The van der Waals surface area contributed by atoms with Crippen molar-refractivity contribution in [2.24, 2.45) is 0 Å². The van der Waals surface area contributed by atoms with Crippen LogP contribution in [0.15, 0.2) is 42.5 Å². The second-order valence-electron chi connectivity index (χ2n) is 9.92. The Labute approximate surface area is 241 Å². The van der Waals surface area contributed by atoms with Crippen LogP contribution in [0.2, 0.25) is 0 Å². The molecule has 1 unspecified atom stereocenters. The molecule has 1 atom stereocenters. The maximum atomic E-state index is 12.8. The fourth-order valence-corrected chi connectivity index (χ4v) is 4.62. The molecule has 0 saturated heterocycles. The summed E-state index contributed by atoms with van der Waals surface area (Å²) in [4.78, 5) is 21.4. The van der Waals surface area contributed by atoms with Crippen LogP contribution in [0, 0.1) is 20.2 Å². The Hall–Kier alpha value is -3.92. The summed E-state index contributed by atoms with van der Waals surface area (Å²) >= 11 is 0. The fraction of sp³-hybridized carbons (Fsp3) is 0.462. The zero-order valence-corrected chi connectivity index (χ0v) is 24.7. The van der Waals surface area contributed by atoms with Gasteiger partial charge in [-0.1, -0.05) is 12.2 Å². The number of nitro groups is 2. The van der Waals surface area contributed by atoms with Gasteiger partial charge in [0.05, 0.1) is 27.1 Å². The van der Waals surface area contributed by atoms with Crippen LogP contribution in [-0.2, 0) is 26.4 Å². The third-order valence-electron chi connectivity index (χ3n) is 5.98. The lowest BCUT2D eigenvalue weighted by molar-refractivity contribution is -0.393. The molecule has 1 aliphatic rings. The Bertz CT molecular complexity index is 1430. The van der Waals surface area contributed by atoms with Crippen LogP contribution in [0.5, 0.6) is 11.5 Å². The first-order valence-electron chi connectivity index (χ1n) is 12.5. The largest absolute Gasteiger partial charge is 0.464 e. The number of benzene rings is 2. The smallest absolute Gasteiger partial charge is 0.416 e. The second-order valence-corrected chi connectivity index (χ2v) is 11.5. The van der Waals surface area contributed by atoms with Crippen LogP contribution in [0.3, 0.4) is 0 Å². The third kappa shape index (κ3) is 8.31. The number of nitro benzene ring substituents is 2. The predicted octanol–water partition coefficient (Wildman–Crippen LogP) is 5.98. The standard InChI is InChI=1S/C13H14F3N3O4.C13H18O5S/c1-4-17(7-8(2)3)12-10(18(20)21)5-9(13(14,15)16)6-11(12)19(22)23;1-5-16-12-13(2,3)10-8-9(18-19(4,14)15)6-7-11(10)17-12/h5-6H,2,4,7H2,1,3H3;6-8,12H,5H2,1-4H3. The minimum Gasteiger partial charge on any atom is -0.464 e. The van der Waals surface area contributed by atoms with E-state index in [0.717, 1.165) is 11.8 Å². The highest BCUT2D eigenvalue weighted by atomic mass is 32.2. The Morgan fingerprint density at radius 1 is 1.12 bits per heavy atom. The second kappa shape index (κ2) is 12.9. The summed E-state index contributed by atoms with van der Waals surface area (Å²) in [5, 5.41) is 22.3. The third-order valence-corrected chi connectivity index (χ3v) is 6.48. The van der Waals surface area contributed by atoms with Gasteiger partial charge in [-0.25, -0.2) is 0 Å². The van der Waals surface area contributed by atoms with E-state index >= 15 is 0 Å². The molecule has 2 aromatic carbocycles. The molecule has 0 spiro atoms. The van der Waals surface area contributed by atoms with E-state index in [1.807, 2.05) is 20.8 Å². The summed E-state index contributed by atoms with van der Waals surface area (Å²) in [6.07, 6.45) is -4.29. The molecule has 42 heavy (non-hydrogen) atoms. The molecular formula is C26H32F3N3O9S. The molecule has 0 saturated carbocycles. The number of nitrogens with zero attached hydrogens (tertiary/aromatic N) is 3. The van der Waals surface area contributed by atoms with Crippen molar-refractivity contribution in [2.75, 3.05) is 30.9 Å². The summed E-state index contributed by atoms with van der Waals surface area (Å²) in [7, 11) is -3.53. The van der Waals surface area contributed by atoms with Gasteiger partial charge in [-0.05, 0) is 52.8 Å². The van der Waals surface area contributed by atoms with E-state index in [2.05, 4.69) is 6.58 Å². The number of alkyl halides is 3. The highest BCUT2D eigenvalue weighted by molar-refractivity contribution is 7.86. The molecule has 2 aromatic rings. The molecule has 1 aliphatic heterocycles. The van der Waals surface area contributed by atoms with E-state index in [9.17, 15) is 41.8 Å². The minimum absolute atomic E-state index is 0.0452. The number of rotatable bonds is 10. The number of halogens is 3. The van der Waals surface area contributed by atoms with Gasteiger partial charge in [-0.15, -0.1) is 0 Å². The van der Waals surface area contributed by atoms with Gasteiger partial charge in [0.2, 0.25) is 6.29 Å². The summed E-state index contributed by atoms with van der Waals surface area (Å²) in [6.45, 7) is 13.4. The number of likely N-dealkylation sites (N-methyl/N-ethyl adjacent to an activating group) is 1. The summed E-state index contributed by atoms with van der Waals surface area (Å²) < 4.78 is 77.0. The molecule has 0 amide bonds. The van der Waals surface area contributed by atoms with Gasteiger partial charge in [0, 0.05) is 37.4 Å². The van der Waals surface area contributed by atoms with E-state index < -0.39 is 48.8 Å². The molecule has 0 N–H and O–H groups in total. The minimum atomic E-state index is -4.93. The van der Waals surface area contributed by atoms with Crippen LogP contribution < -0.4 is 13.8 Å². The Morgan fingerprint density at radius 3 is 2.07 bits per heavy atom. The first kappa shape index (κ1) is 34.3. The average Bonchev–Trinajstić information content (AvgIpc) is 3.09. The van der Waals surface area contributed by atoms with E-state index in [4.69, 9.17) is 13.7 Å². The zero-order valence-electron chi connectivity index (χ0n) is 23.9. The topological polar surface area (TPSA) is 151 Å². The van der Waals surface area contributed by atoms with Crippen molar-refractivity contribution in [3.63, 3.8) is 0 Å². The molecule has 3 rings (SSSR count). The Morgan fingerprint density at radius 2 is 1.67 bits per heavy atom. The average molecular weight is 620 g/mol. The van der Waals surface area contributed by atoms with Crippen LogP contribution in [0.1, 0.15) is 45.7 Å². The number of fused-ring (bicyclic) bond motifs is 1. The summed E-state index contributed by atoms with van der Waals surface area (Å²) in [6, 6.07) is 5.59. The van der Waals surface area contributed by atoms with Gasteiger partial charge < -0.3 is 18.6 Å². The van der Waals surface area contributed by atoms with Crippen molar-refractivity contribution >= 4 is 27.2 Å². The monoisotopic (exact) mass is 619 g/mol. The fourth-order valence-electron chi connectivity index (χ4n) is 4.17. The number of hydrogen-bond acceptors (Lipinski definition) is 10. The highest BCUT2D eigenvalue weighted by Crippen LogP contribution is 2.45. The zero-order chi connectivity index (χ0) is 32.2. The van der Waals surface area contributed by atoms with Gasteiger partial charge >= 0.3 is 16.3 Å². The maximum Gasteiger partial charge on any atom is 0.416 e. The quantitative estimate of drug-likeness (QED) is 0.134. The summed E-state index contributed by atoms with van der Waals surface area (Å²) in [5.41, 5.74) is -2.75. The number of anilines is 1. The Kier molecular flexibility index (Phi) is 10.6. The first-order valence-corrected chi connectivity index (χ1v) is 14.3. The molecule has 0 bridgehead atoms. The number of ether oxygens (including phenoxy) is 2. The van der Waals surface area contributed by atoms with E-state index in [0.29, 0.717) is 30.1 Å². The van der Waals surface area contributed by atoms with Gasteiger partial charge in [-0.2, -0.15) is 21.6 Å². The van der Waals surface area contributed by atoms with Gasteiger partial charge in [-0.3, -0.25) is 20.2 Å². The van der Waals surface area contributed by atoms with Gasteiger partial charge in [0.1, 0.15) is 11.5 Å². The number of hydrogen-bond donors (Lipinski definition) is 0. The molecule has 0 aliphatic carbocycles. The molecule has 12 nitrogen and oxygen atoms in total. The van der Waals surface area contributed by atoms with Crippen LogP contribution in [-0.4, -0.2) is 50.5 Å². The lowest BCUT2D eigenvalue weighted by atomic mass is 9.85. The summed E-state index contributed by atoms with van der Waals surface area (Å²) in [5.74, 6) is 0.986. The van der Waals surface area contributed by atoms with E-state index in [-0.39, 0.29) is 30.5 Å². The molecule has 0 fully saturated rings. The molecule has 1 heterocycles.